The van der Waals surface area contributed by atoms with Gasteiger partial charge in [0, 0.05) is 12.0 Å². The molecule has 5 rings (SSSR count). The van der Waals surface area contributed by atoms with Crippen molar-refractivity contribution in [3.8, 4) is 0 Å². The molecule has 4 heterocycles. The molecule has 0 saturated carbocycles. The van der Waals surface area contributed by atoms with Gasteiger partial charge in [0.15, 0.2) is 5.82 Å². The summed E-state index contributed by atoms with van der Waals surface area (Å²) in [6.45, 7) is 1.96. The lowest BCUT2D eigenvalue weighted by atomic mass is 9.89. The molecule has 2 aromatic heterocycles. The van der Waals surface area contributed by atoms with Crippen LogP contribution in [-0.4, -0.2) is 27.9 Å². The quantitative estimate of drug-likeness (QED) is 0.400. The Labute approximate surface area is 188 Å². The van der Waals surface area contributed by atoms with Crippen molar-refractivity contribution in [1.29, 1.82) is 0 Å². The summed E-state index contributed by atoms with van der Waals surface area (Å²) in [6, 6.07) is 9.40. The summed E-state index contributed by atoms with van der Waals surface area (Å²) < 4.78 is 43.4. The number of rotatable bonds is 5. The van der Waals surface area contributed by atoms with Gasteiger partial charge in [-0.05, 0) is 54.6 Å². The molecule has 0 unspecified atom stereocenters. The molecule has 0 atom stereocenters. The molecular formula is C22H25F3N8. The van der Waals surface area contributed by atoms with Crippen LogP contribution in [0.4, 0.5) is 30.5 Å². The number of alkyl halides is 3. The third-order valence-corrected chi connectivity index (χ3v) is 6.15. The normalized spacial score (nSPS) is 16.3. The predicted molar refractivity (Wildman–Crippen MR) is 119 cm³/mol. The number of aromatic nitrogens is 3. The molecule has 3 aromatic rings. The molecule has 8 nitrogen and oxygen atoms in total. The Bertz CT molecular complexity index is 1150. The molecule has 2 aliphatic heterocycles. The molecule has 0 bridgehead atoms. The van der Waals surface area contributed by atoms with Crippen LogP contribution in [0.3, 0.4) is 0 Å². The third-order valence-electron chi connectivity index (χ3n) is 6.15. The summed E-state index contributed by atoms with van der Waals surface area (Å²) in [7, 11) is 0. The zero-order chi connectivity index (χ0) is 23.0. The number of nitrogens with zero attached hydrogens (tertiary/aromatic N) is 3. The second kappa shape index (κ2) is 8.56. The number of halogens is 3. The van der Waals surface area contributed by atoms with Gasteiger partial charge in [-0.3, -0.25) is 10.1 Å². The van der Waals surface area contributed by atoms with Gasteiger partial charge in [-0.15, -0.1) is 5.53 Å². The van der Waals surface area contributed by atoms with Crippen molar-refractivity contribution in [3.05, 3.63) is 64.5 Å². The van der Waals surface area contributed by atoms with Crippen LogP contribution in [0.5, 0.6) is 0 Å². The number of nitrogens with two attached hydrogens (primary N) is 1. The van der Waals surface area contributed by atoms with Crippen LogP contribution < -0.4 is 27.4 Å². The Morgan fingerprint density at radius 2 is 1.91 bits per heavy atom. The Hall–Kier alpha value is -3.31. The van der Waals surface area contributed by atoms with Gasteiger partial charge in [0.05, 0.1) is 18.4 Å². The maximum atomic E-state index is 14.1. The van der Waals surface area contributed by atoms with E-state index in [2.05, 4.69) is 37.9 Å². The fourth-order valence-corrected chi connectivity index (χ4v) is 4.62. The number of pyridine rings is 1. The maximum absolute atomic E-state index is 14.1. The minimum absolute atomic E-state index is 0.00930. The van der Waals surface area contributed by atoms with E-state index < -0.39 is 11.9 Å². The lowest BCUT2D eigenvalue weighted by molar-refractivity contribution is -0.144. The van der Waals surface area contributed by atoms with Crippen LogP contribution in [0.25, 0.3) is 0 Å². The van der Waals surface area contributed by atoms with Crippen molar-refractivity contribution >= 4 is 17.3 Å². The fourth-order valence-electron chi connectivity index (χ4n) is 4.62. The molecule has 11 heteroatoms. The number of nitrogen functional groups attached to an aromatic ring is 1. The van der Waals surface area contributed by atoms with E-state index in [0.717, 1.165) is 36.2 Å². The number of hydrogen-bond acceptors (Lipinski definition) is 7. The lowest BCUT2D eigenvalue weighted by Crippen LogP contribution is -2.26. The van der Waals surface area contributed by atoms with E-state index in [0.29, 0.717) is 23.0 Å². The third kappa shape index (κ3) is 4.46. The van der Waals surface area contributed by atoms with Crippen molar-refractivity contribution in [3.63, 3.8) is 0 Å². The number of hydrogen-bond donors (Lipinski definition) is 5. The zero-order valence-corrected chi connectivity index (χ0v) is 17.8. The zero-order valence-electron chi connectivity index (χ0n) is 17.8. The molecule has 1 aromatic carbocycles. The Morgan fingerprint density at radius 1 is 1.09 bits per heavy atom. The maximum Gasteiger partial charge on any atom is 0.433 e. The monoisotopic (exact) mass is 458 g/mol. The van der Waals surface area contributed by atoms with Gasteiger partial charge in [0.1, 0.15) is 11.5 Å². The Balaban J connectivity index is 1.44. The lowest BCUT2D eigenvalue weighted by Gasteiger charge is -2.23. The highest BCUT2D eigenvalue weighted by Gasteiger charge is 2.38. The minimum Gasteiger partial charge on any atom is -0.384 e. The van der Waals surface area contributed by atoms with Crippen LogP contribution >= 0.6 is 0 Å². The first-order valence-corrected chi connectivity index (χ1v) is 10.9. The molecule has 1 fully saturated rings. The minimum atomic E-state index is -4.55. The molecule has 0 amide bonds. The summed E-state index contributed by atoms with van der Waals surface area (Å²) in [5.41, 5.74) is 16.6. The van der Waals surface area contributed by atoms with Gasteiger partial charge in [-0.1, -0.05) is 24.3 Å². The highest BCUT2D eigenvalue weighted by molar-refractivity contribution is 5.74. The average Bonchev–Trinajstić information content (AvgIpc) is 3.41. The van der Waals surface area contributed by atoms with E-state index in [9.17, 15) is 13.2 Å². The van der Waals surface area contributed by atoms with Gasteiger partial charge >= 0.3 is 6.18 Å². The van der Waals surface area contributed by atoms with Crippen molar-refractivity contribution in [1.82, 2.24) is 25.6 Å². The number of anilines is 3. The fraction of sp³-hybridized carbons (Fsp3) is 0.364. The highest BCUT2D eigenvalue weighted by Crippen LogP contribution is 2.36. The van der Waals surface area contributed by atoms with E-state index in [1.165, 1.54) is 11.8 Å². The van der Waals surface area contributed by atoms with Gasteiger partial charge in [0.25, 0.3) is 0 Å². The first kappa shape index (κ1) is 21.5. The van der Waals surface area contributed by atoms with Crippen molar-refractivity contribution in [2.75, 3.05) is 29.7 Å². The number of nitrogens with one attached hydrogen (secondary N) is 4. The van der Waals surface area contributed by atoms with E-state index in [1.54, 1.807) is 6.07 Å². The second-order valence-electron chi connectivity index (χ2n) is 8.42. The van der Waals surface area contributed by atoms with E-state index >= 15 is 0 Å². The number of benzene rings is 1. The van der Waals surface area contributed by atoms with Gasteiger partial charge < -0.3 is 16.5 Å². The Kier molecular flexibility index (Phi) is 5.59. The topological polar surface area (TPSA) is 105 Å². The molecule has 1 saturated heterocycles. The van der Waals surface area contributed by atoms with Crippen molar-refractivity contribution < 1.29 is 13.2 Å². The first-order chi connectivity index (χ1) is 15.9. The molecule has 0 aliphatic carbocycles. The summed E-state index contributed by atoms with van der Waals surface area (Å²) in [4.78, 5) is 4.13. The van der Waals surface area contributed by atoms with Crippen LogP contribution in [0.2, 0.25) is 0 Å². The van der Waals surface area contributed by atoms with Crippen molar-refractivity contribution in [2.24, 2.45) is 0 Å². The SMILES string of the molecule is Nc1cc(Cc2cnn(Cc3cccc(C4CCNCC4)c3)c2C(F)(F)F)c2c(n1)NNN2. The smallest absolute Gasteiger partial charge is 0.384 e. The summed E-state index contributed by atoms with van der Waals surface area (Å²) in [5.74, 6) is 1.09. The molecule has 0 radical (unpaired) electrons. The van der Waals surface area contributed by atoms with Crippen LogP contribution in [0.15, 0.2) is 36.5 Å². The second-order valence-corrected chi connectivity index (χ2v) is 8.42. The average molecular weight is 458 g/mol. The molecule has 0 spiro atoms. The van der Waals surface area contributed by atoms with Crippen molar-refractivity contribution in [2.45, 2.75) is 37.9 Å². The number of fused-ring (bicyclic) bond motifs is 1. The number of hydrazine groups is 2. The molecule has 174 valence electrons. The summed E-state index contributed by atoms with van der Waals surface area (Å²) in [6.07, 6.45) is -1.20. The van der Waals surface area contributed by atoms with Gasteiger partial charge in [0.2, 0.25) is 0 Å². The molecular weight excluding hydrogens is 433 g/mol. The largest absolute Gasteiger partial charge is 0.433 e. The Morgan fingerprint density at radius 3 is 2.70 bits per heavy atom. The molecule has 2 aliphatic rings. The van der Waals surface area contributed by atoms with Crippen LogP contribution in [0, 0.1) is 0 Å². The summed E-state index contributed by atoms with van der Waals surface area (Å²) in [5, 5.41) is 7.46. The van der Waals surface area contributed by atoms with Gasteiger partial charge in [-0.25, -0.2) is 4.98 Å². The number of piperidine rings is 1. The first-order valence-electron chi connectivity index (χ1n) is 10.9. The van der Waals surface area contributed by atoms with E-state index in [-0.39, 0.29) is 24.3 Å². The van der Waals surface area contributed by atoms with E-state index in [4.69, 9.17) is 5.73 Å². The van der Waals surface area contributed by atoms with E-state index in [1.807, 2.05) is 18.2 Å². The van der Waals surface area contributed by atoms with Gasteiger partial charge in [-0.2, -0.15) is 18.3 Å². The summed E-state index contributed by atoms with van der Waals surface area (Å²) >= 11 is 0. The van der Waals surface area contributed by atoms with Crippen LogP contribution in [0.1, 0.15) is 46.7 Å². The predicted octanol–water partition coefficient (Wildman–Crippen LogP) is 3.24. The molecule has 6 N–H and O–H groups in total. The highest BCUT2D eigenvalue weighted by atomic mass is 19.4. The molecule has 33 heavy (non-hydrogen) atoms. The van der Waals surface area contributed by atoms with Crippen LogP contribution in [-0.2, 0) is 19.1 Å². The standard InChI is InChI=1S/C22H25F3N8/c23-22(24,25)20-17(9-16-10-18(26)29-21-19(16)30-32-31-21)11-28-33(20)12-13-2-1-3-15(8-13)14-4-6-27-7-5-14/h1-3,8,10-11,14,27,30,32H,4-7,9,12H2,(H3,26,29,31).